The van der Waals surface area contributed by atoms with Crippen LogP contribution in [0.3, 0.4) is 0 Å². The van der Waals surface area contributed by atoms with Gasteiger partial charge in [0, 0.05) is 37.4 Å². The number of hydrogen-bond donors (Lipinski definition) is 2. The molecule has 10 nitrogen and oxygen atoms in total. The largest absolute Gasteiger partial charge is 0.469 e. The van der Waals surface area contributed by atoms with Crippen molar-refractivity contribution in [1.29, 1.82) is 0 Å². The second-order valence-electron chi connectivity index (χ2n) is 14.2. The molecule has 284 valence electrons. The minimum Gasteiger partial charge on any atom is -0.469 e. The van der Waals surface area contributed by atoms with Crippen molar-refractivity contribution in [3.8, 4) is 0 Å². The molecule has 0 radical (unpaired) electrons. The number of hydrogen-bond acceptors (Lipinski definition) is 9. The Morgan fingerprint density at radius 1 is 1.10 bits per heavy atom. The lowest BCUT2D eigenvalue weighted by atomic mass is 9.83. The predicted molar refractivity (Wildman–Crippen MR) is 189 cm³/mol. The van der Waals surface area contributed by atoms with E-state index in [1.54, 1.807) is 27.8 Å². The standard InChI is InChI=1S/C37H53F3N4O6S/c1-22(2)30(44(6)35(48)27(24(4)37(38,39)40)19-31(45)29-15-11-12-16-43(29)5)20-32(46)34-42-28(21-51-34)33(47)41-26(17-23(3)36(49)50-7)18-25-13-9-8-10-14-25/h8-10,13-14,21-24,26-27,29-30,32,46H,11-12,15-20H2,1-7H3,(H,41,47)/t23-,24?,26+,27-,29+,30+,32+/m0/s1. The number of amides is 2. The fourth-order valence-electron chi connectivity index (χ4n) is 6.79. The van der Waals surface area contributed by atoms with Crippen LogP contribution in [0.2, 0.25) is 0 Å². The van der Waals surface area contributed by atoms with Crippen LogP contribution < -0.4 is 5.32 Å². The molecule has 51 heavy (non-hydrogen) atoms. The van der Waals surface area contributed by atoms with Crippen molar-refractivity contribution in [3.05, 3.63) is 52.0 Å². The van der Waals surface area contributed by atoms with Gasteiger partial charge in [-0.2, -0.15) is 13.2 Å². The summed E-state index contributed by atoms with van der Waals surface area (Å²) in [6.07, 6.45) is -3.47. The number of likely N-dealkylation sites (N-methyl/N-ethyl adjacent to an activating group) is 1. The monoisotopic (exact) mass is 738 g/mol. The third kappa shape index (κ3) is 11.8. The van der Waals surface area contributed by atoms with Crippen LogP contribution in [0.15, 0.2) is 35.7 Å². The van der Waals surface area contributed by atoms with Gasteiger partial charge in [0.1, 0.15) is 16.8 Å². The van der Waals surface area contributed by atoms with E-state index in [1.165, 1.54) is 24.4 Å². The summed E-state index contributed by atoms with van der Waals surface area (Å²) in [6.45, 7) is 6.93. The van der Waals surface area contributed by atoms with Crippen LogP contribution in [0.4, 0.5) is 13.2 Å². The first-order valence-corrected chi connectivity index (χ1v) is 18.4. The van der Waals surface area contributed by atoms with E-state index in [4.69, 9.17) is 4.74 Å². The zero-order valence-electron chi connectivity index (χ0n) is 30.6. The molecule has 1 aromatic heterocycles. The Morgan fingerprint density at radius 2 is 1.76 bits per heavy atom. The van der Waals surface area contributed by atoms with E-state index in [2.05, 4.69) is 10.3 Å². The number of rotatable bonds is 17. The molecule has 0 spiro atoms. The summed E-state index contributed by atoms with van der Waals surface area (Å²) in [5.74, 6) is -6.48. The third-order valence-corrected chi connectivity index (χ3v) is 11.0. The summed E-state index contributed by atoms with van der Waals surface area (Å²) in [5.41, 5.74) is 1.03. The number of alkyl halides is 3. The first kappa shape index (κ1) is 42.1. The third-order valence-electron chi connectivity index (χ3n) is 10.0. The predicted octanol–water partition coefficient (Wildman–Crippen LogP) is 5.85. The average Bonchev–Trinajstić information content (AvgIpc) is 3.59. The Morgan fingerprint density at radius 3 is 2.35 bits per heavy atom. The quantitative estimate of drug-likeness (QED) is 0.194. The van der Waals surface area contributed by atoms with Crippen molar-refractivity contribution in [3.63, 3.8) is 0 Å². The Labute approximate surface area is 303 Å². The van der Waals surface area contributed by atoms with Gasteiger partial charge in [0.2, 0.25) is 5.91 Å². The van der Waals surface area contributed by atoms with Crippen LogP contribution in [0.1, 0.15) is 93.4 Å². The number of aromatic nitrogens is 1. The molecule has 1 saturated heterocycles. The number of likely N-dealkylation sites (tertiary alicyclic amines) is 1. The molecule has 0 aliphatic carbocycles. The van der Waals surface area contributed by atoms with Gasteiger partial charge in [0.25, 0.3) is 5.91 Å². The maximum atomic E-state index is 14.1. The van der Waals surface area contributed by atoms with Gasteiger partial charge in [-0.3, -0.25) is 24.1 Å². The Hall–Kier alpha value is -3.36. The Balaban J connectivity index is 1.75. The van der Waals surface area contributed by atoms with Crippen molar-refractivity contribution in [2.45, 2.75) is 103 Å². The van der Waals surface area contributed by atoms with Crippen LogP contribution in [-0.2, 0) is 25.5 Å². The number of piperidine rings is 1. The second kappa shape index (κ2) is 18.9. The van der Waals surface area contributed by atoms with Crippen LogP contribution in [-0.4, -0.2) is 95.5 Å². The van der Waals surface area contributed by atoms with Gasteiger partial charge < -0.3 is 20.1 Å². The highest BCUT2D eigenvalue weighted by molar-refractivity contribution is 7.09. The van der Waals surface area contributed by atoms with Gasteiger partial charge in [0.05, 0.1) is 30.9 Å². The van der Waals surface area contributed by atoms with Gasteiger partial charge in [-0.15, -0.1) is 11.3 Å². The van der Waals surface area contributed by atoms with E-state index in [0.717, 1.165) is 36.7 Å². The average molecular weight is 739 g/mol. The molecule has 1 aliphatic rings. The van der Waals surface area contributed by atoms with Crippen molar-refractivity contribution < 1.29 is 42.2 Å². The number of carbonyl (C=O) groups excluding carboxylic acids is 4. The lowest BCUT2D eigenvalue weighted by Gasteiger charge is -2.37. The van der Waals surface area contributed by atoms with Crippen LogP contribution >= 0.6 is 11.3 Å². The Kier molecular flexibility index (Phi) is 15.6. The SMILES string of the molecule is COC(=O)[C@@H](C)C[C@H](Cc1ccccc1)NC(=O)c1csc([C@H](O)C[C@H](C(C)C)N(C)C(=O)[C@@H](CC(=O)[C@H]2CCCCN2C)C(C)C(F)(F)F)n1. The van der Waals surface area contributed by atoms with Crippen molar-refractivity contribution in [1.82, 2.24) is 20.1 Å². The second-order valence-corrected chi connectivity index (χ2v) is 15.1. The Bertz CT molecular complexity index is 1460. The molecule has 0 saturated carbocycles. The van der Waals surface area contributed by atoms with Gasteiger partial charge in [0.15, 0.2) is 5.78 Å². The summed E-state index contributed by atoms with van der Waals surface area (Å²) < 4.78 is 47.0. The van der Waals surface area contributed by atoms with E-state index < -0.39 is 72.4 Å². The van der Waals surface area contributed by atoms with Crippen LogP contribution in [0, 0.1) is 23.7 Å². The number of ether oxygens (including phenoxy) is 1. The minimum atomic E-state index is -4.69. The van der Waals surface area contributed by atoms with Gasteiger partial charge in [-0.25, -0.2) is 4.98 Å². The number of thiazole rings is 1. The molecule has 2 aromatic rings. The summed E-state index contributed by atoms with van der Waals surface area (Å²) in [4.78, 5) is 60.0. The van der Waals surface area contributed by atoms with Crippen molar-refractivity contribution in [2.24, 2.45) is 23.7 Å². The van der Waals surface area contributed by atoms with Crippen LogP contribution in [0.25, 0.3) is 0 Å². The van der Waals surface area contributed by atoms with E-state index in [1.807, 2.05) is 35.2 Å². The maximum absolute atomic E-state index is 14.1. The highest BCUT2D eigenvalue weighted by atomic mass is 32.1. The lowest BCUT2D eigenvalue weighted by molar-refractivity contribution is -0.191. The van der Waals surface area contributed by atoms with Crippen molar-refractivity contribution in [2.75, 3.05) is 27.7 Å². The zero-order chi connectivity index (χ0) is 38.0. The molecular formula is C37H53F3N4O6S. The lowest BCUT2D eigenvalue weighted by Crippen LogP contribution is -2.49. The molecule has 2 heterocycles. The molecule has 14 heteroatoms. The molecule has 1 aliphatic heterocycles. The van der Waals surface area contributed by atoms with E-state index in [0.29, 0.717) is 25.8 Å². The molecule has 1 unspecified atom stereocenters. The smallest absolute Gasteiger partial charge is 0.392 e. The molecule has 7 atom stereocenters. The molecule has 2 amide bonds. The van der Waals surface area contributed by atoms with Gasteiger partial charge in [-0.1, -0.05) is 64.4 Å². The summed E-state index contributed by atoms with van der Waals surface area (Å²) in [5, 5.41) is 15.9. The number of aliphatic hydroxyl groups is 1. The fraction of sp³-hybridized carbons (Fsp3) is 0.649. The van der Waals surface area contributed by atoms with E-state index >= 15 is 0 Å². The number of nitrogens with one attached hydrogen (secondary N) is 1. The number of esters is 1. The summed E-state index contributed by atoms with van der Waals surface area (Å²) >= 11 is 1.05. The molecule has 3 rings (SSSR count). The number of Topliss-reactive ketones (excluding diaryl/α,β-unsaturated/α-hetero) is 1. The first-order valence-electron chi connectivity index (χ1n) is 17.6. The summed E-state index contributed by atoms with van der Waals surface area (Å²) in [6, 6.07) is 7.85. The first-order chi connectivity index (χ1) is 23.9. The van der Waals surface area contributed by atoms with Gasteiger partial charge in [-0.05, 0) is 50.8 Å². The number of carbonyl (C=O) groups is 4. The number of nitrogens with zero attached hydrogens (tertiary/aromatic N) is 3. The molecule has 1 fully saturated rings. The molecule has 0 bridgehead atoms. The highest BCUT2D eigenvalue weighted by Gasteiger charge is 2.47. The zero-order valence-corrected chi connectivity index (χ0v) is 31.4. The number of halogens is 3. The topological polar surface area (TPSA) is 129 Å². The highest BCUT2D eigenvalue weighted by Crippen LogP contribution is 2.37. The number of aliphatic hydroxyl groups excluding tert-OH is 1. The van der Waals surface area contributed by atoms with E-state index in [-0.39, 0.29) is 28.8 Å². The van der Waals surface area contributed by atoms with E-state index in [9.17, 15) is 37.5 Å². The van der Waals surface area contributed by atoms with Gasteiger partial charge >= 0.3 is 12.1 Å². The number of benzene rings is 1. The summed E-state index contributed by atoms with van der Waals surface area (Å²) in [7, 11) is 4.50. The number of ketones is 1. The fourth-order valence-corrected chi connectivity index (χ4v) is 7.59. The normalized spacial score (nSPS) is 19.0. The molecule has 2 N–H and O–H groups in total. The molecular weight excluding hydrogens is 685 g/mol. The maximum Gasteiger partial charge on any atom is 0.392 e. The number of methoxy groups -OCH3 is 1. The van der Waals surface area contributed by atoms with Crippen molar-refractivity contribution >= 4 is 34.9 Å². The van der Waals surface area contributed by atoms with Crippen LogP contribution in [0.5, 0.6) is 0 Å². The molecule has 1 aromatic carbocycles. The minimum absolute atomic E-state index is 0.0474.